The summed E-state index contributed by atoms with van der Waals surface area (Å²) in [5, 5.41) is 39.5. The van der Waals surface area contributed by atoms with Gasteiger partial charge in [0.15, 0.2) is 5.69 Å². The number of alkyl halides is 3. The van der Waals surface area contributed by atoms with Crippen molar-refractivity contribution in [3.8, 4) is 24.3 Å². The first-order valence-corrected chi connectivity index (χ1v) is 13.2. The molecule has 8 nitrogen and oxygen atoms in total. The molecule has 0 fully saturated rings. The van der Waals surface area contributed by atoms with Gasteiger partial charge >= 0.3 is 6.18 Å². The summed E-state index contributed by atoms with van der Waals surface area (Å²) in [6, 6.07) is 14.8. The largest absolute Gasteiger partial charge is 0.417 e. The molecule has 0 N–H and O–H groups in total. The molecular formula is C36H10F4N8. The zero-order valence-corrected chi connectivity index (χ0v) is 24.1. The molecule has 0 radical (unpaired) electrons. The van der Waals surface area contributed by atoms with Gasteiger partial charge in [0, 0.05) is 22.3 Å². The Labute approximate surface area is 270 Å². The maximum atomic E-state index is 17.1. The van der Waals surface area contributed by atoms with Crippen LogP contribution in [0.3, 0.4) is 0 Å². The van der Waals surface area contributed by atoms with Crippen LogP contribution in [0.5, 0.6) is 0 Å². The van der Waals surface area contributed by atoms with E-state index in [4.69, 9.17) is 26.3 Å². The fourth-order valence-corrected chi connectivity index (χ4v) is 5.75. The molecule has 0 unspecified atom stereocenters. The van der Waals surface area contributed by atoms with Crippen LogP contribution in [-0.2, 0) is 6.18 Å². The molecule has 12 heteroatoms. The van der Waals surface area contributed by atoms with Gasteiger partial charge in [0.1, 0.15) is 11.9 Å². The van der Waals surface area contributed by atoms with Gasteiger partial charge < -0.3 is 0 Å². The standard InChI is InChI=1S/C36H10F4N8/c1-17-6-7-19(11-25(17)45-2)29-30(26(15-43)46-3)22-12-21-23(14-42)28(18-8-9-20(13-41)24(10-18)36(38,39)40)33(27(16-44)47-4)31(21)34(37)32(22)35(29)48-5/h6-12H,1H3/b30-26-,33-27-. The number of aryl methyl sites for hydroxylation is 1. The molecule has 0 atom stereocenters. The van der Waals surface area contributed by atoms with E-state index in [1.54, 1.807) is 25.1 Å². The molecule has 0 heterocycles. The topological polar surface area (TPSA) is 113 Å². The first-order valence-electron chi connectivity index (χ1n) is 13.2. The fraction of sp³-hybridized carbons (Fsp3) is 0.0556. The summed E-state index contributed by atoms with van der Waals surface area (Å²) in [6.45, 7) is 32.5. The molecule has 2 aliphatic rings. The molecule has 0 spiro atoms. The van der Waals surface area contributed by atoms with E-state index in [-0.39, 0.29) is 50.4 Å². The summed E-state index contributed by atoms with van der Waals surface area (Å²) in [5.74, 6) is -1.22. The lowest BCUT2D eigenvalue weighted by Gasteiger charge is -2.14. The molecule has 0 saturated carbocycles. The van der Waals surface area contributed by atoms with E-state index in [9.17, 15) is 34.2 Å². The monoisotopic (exact) mass is 630 g/mol. The van der Waals surface area contributed by atoms with Crippen molar-refractivity contribution in [3.63, 3.8) is 0 Å². The molecule has 3 aromatic rings. The van der Waals surface area contributed by atoms with Crippen LogP contribution in [0.2, 0.25) is 0 Å². The Balaban J connectivity index is 1.97. The van der Waals surface area contributed by atoms with Gasteiger partial charge in [-0.15, -0.1) is 0 Å². The van der Waals surface area contributed by atoms with Gasteiger partial charge in [-0.3, -0.25) is 0 Å². The minimum atomic E-state index is -5.02. The lowest BCUT2D eigenvalue weighted by Crippen LogP contribution is -2.08. The van der Waals surface area contributed by atoms with Crippen LogP contribution < -0.4 is 0 Å². The fourth-order valence-electron chi connectivity index (χ4n) is 5.75. The second-order valence-electron chi connectivity index (χ2n) is 10.1. The minimum Gasteiger partial charge on any atom is -0.238 e. The van der Waals surface area contributed by atoms with Crippen LogP contribution in [0, 0.1) is 84.4 Å². The van der Waals surface area contributed by atoms with Crippen LogP contribution in [0.25, 0.3) is 52.9 Å². The number of nitriles is 4. The van der Waals surface area contributed by atoms with Gasteiger partial charge in [0.25, 0.3) is 11.4 Å². The summed E-state index contributed by atoms with van der Waals surface area (Å²) in [6.07, 6.45) is -5.02. The number of nitrogens with zero attached hydrogens (tertiary/aromatic N) is 8. The molecule has 0 amide bonds. The number of halogens is 4. The van der Waals surface area contributed by atoms with E-state index < -0.39 is 56.8 Å². The Morgan fingerprint density at radius 3 is 1.90 bits per heavy atom. The van der Waals surface area contributed by atoms with Crippen molar-refractivity contribution in [2.75, 3.05) is 0 Å². The Hall–Kier alpha value is -7.74. The minimum absolute atomic E-state index is 0.0409. The van der Waals surface area contributed by atoms with Crippen molar-refractivity contribution in [3.05, 3.63) is 155 Å². The van der Waals surface area contributed by atoms with Crippen LogP contribution in [0.15, 0.2) is 53.9 Å². The molecule has 0 bridgehead atoms. The van der Waals surface area contributed by atoms with Crippen LogP contribution >= 0.6 is 0 Å². The number of allylic oxidation sites excluding steroid dienone is 7. The van der Waals surface area contributed by atoms with Crippen molar-refractivity contribution in [2.24, 2.45) is 0 Å². The zero-order chi connectivity index (χ0) is 35.1. The third-order valence-electron chi connectivity index (χ3n) is 7.76. The van der Waals surface area contributed by atoms with Crippen LogP contribution in [0.1, 0.15) is 50.1 Å². The molecule has 0 saturated heterocycles. The van der Waals surface area contributed by atoms with Crippen molar-refractivity contribution in [1.29, 1.82) is 21.0 Å². The molecule has 48 heavy (non-hydrogen) atoms. The Kier molecular flexibility index (Phi) is 7.68. The highest BCUT2D eigenvalue weighted by atomic mass is 19.4. The first-order chi connectivity index (χ1) is 22.9. The number of rotatable bonds is 2. The highest BCUT2D eigenvalue weighted by molar-refractivity contribution is 6.29. The molecule has 0 aromatic heterocycles. The Morgan fingerprint density at radius 2 is 1.35 bits per heavy atom. The summed E-state index contributed by atoms with van der Waals surface area (Å²) in [7, 11) is 0. The van der Waals surface area contributed by atoms with E-state index in [0.29, 0.717) is 11.6 Å². The van der Waals surface area contributed by atoms with Crippen molar-refractivity contribution in [2.45, 2.75) is 13.1 Å². The second-order valence-corrected chi connectivity index (χ2v) is 10.1. The molecule has 3 aromatic carbocycles. The lowest BCUT2D eigenvalue weighted by molar-refractivity contribution is -0.137. The Morgan fingerprint density at radius 1 is 0.729 bits per heavy atom. The summed E-state index contributed by atoms with van der Waals surface area (Å²) in [4.78, 5) is 13.4. The number of benzene rings is 3. The van der Waals surface area contributed by atoms with E-state index in [1.165, 1.54) is 24.3 Å². The first kappa shape index (κ1) is 31.7. The maximum Gasteiger partial charge on any atom is 0.417 e. The highest BCUT2D eigenvalue weighted by Crippen LogP contribution is 2.56. The molecule has 2 aliphatic carbocycles. The van der Waals surface area contributed by atoms with Crippen molar-refractivity contribution in [1.82, 2.24) is 0 Å². The predicted octanol–water partition coefficient (Wildman–Crippen LogP) is 9.13. The number of hydrogen-bond acceptors (Lipinski definition) is 4. The molecule has 222 valence electrons. The van der Waals surface area contributed by atoms with Crippen LogP contribution in [-0.4, -0.2) is 0 Å². The van der Waals surface area contributed by atoms with E-state index in [1.807, 2.05) is 6.07 Å². The maximum absolute atomic E-state index is 17.1. The van der Waals surface area contributed by atoms with Gasteiger partial charge in [-0.2, -0.15) is 23.7 Å². The summed E-state index contributed by atoms with van der Waals surface area (Å²) < 4.78 is 59.0. The Bertz CT molecular complexity index is 2510. The normalized spacial score (nSPS) is 14.9. The summed E-state index contributed by atoms with van der Waals surface area (Å²) in [5.41, 5.74) is -6.05. The lowest BCUT2D eigenvalue weighted by atomic mass is 9.90. The predicted molar refractivity (Wildman–Crippen MR) is 164 cm³/mol. The average molecular weight is 631 g/mol. The van der Waals surface area contributed by atoms with E-state index >= 15 is 4.39 Å². The van der Waals surface area contributed by atoms with Gasteiger partial charge in [-0.1, -0.05) is 18.2 Å². The highest BCUT2D eigenvalue weighted by Gasteiger charge is 2.41. The van der Waals surface area contributed by atoms with Crippen molar-refractivity contribution < 1.29 is 17.6 Å². The SMILES string of the molecule is [C-]#[N+]C1=C(c2ccc(C)c([N+]#[C-])c2)/C(=C(/C#N)[N+]#[C-])c2cc3c(c(F)c21)/C(=C(/C#N)[N+]#[C-])C(c1ccc(C#N)c(C(F)(F)F)c1)=C3C#N. The smallest absolute Gasteiger partial charge is 0.238 e. The zero-order valence-electron chi connectivity index (χ0n) is 24.1. The third kappa shape index (κ3) is 4.53. The van der Waals surface area contributed by atoms with Gasteiger partial charge in [0.2, 0.25) is 5.70 Å². The van der Waals surface area contributed by atoms with Crippen molar-refractivity contribution >= 4 is 39.2 Å². The quantitative estimate of drug-likeness (QED) is 0.160. The van der Waals surface area contributed by atoms with E-state index in [0.717, 1.165) is 12.1 Å². The van der Waals surface area contributed by atoms with E-state index in [2.05, 4.69) is 19.4 Å². The number of hydrogen-bond donors (Lipinski definition) is 0. The molecular weight excluding hydrogens is 620 g/mol. The summed E-state index contributed by atoms with van der Waals surface area (Å²) >= 11 is 0. The second kappa shape index (κ2) is 11.6. The average Bonchev–Trinajstić information content (AvgIpc) is 3.59. The van der Waals surface area contributed by atoms with Gasteiger partial charge in [0.05, 0.1) is 61.2 Å². The molecule has 5 rings (SSSR count). The van der Waals surface area contributed by atoms with Crippen LogP contribution in [0.4, 0.5) is 23.2 Å². The third-order valence-corrected chi connectivity index (χ3v) is 7.76. The van der Waals surface area contributed by atoms with Gasteiger partial charge in [-0.05, 0) is 70.2 Å². The van der Waals surface area contributed by atoms with Gasteiger partial charge in [-0.25, -0.2) is 34.3 Å². The number of fused-ring (bicyclic) bond motifs is 2. The molecule has 0 aliphatic heterocycles.